The molecule has 5 heteroatoms. The molecule has 2 heterocycles. The molecule has 1 aliphatic rings. The molecular weight excluding hydrogens is 454 g/mol. The summed E-state index contributed by atoms with van der Waals surface area (Å²) in [5.41, 5.74) is 6.57. The van der Waals surface area contributed by atoms with Crippen molar-refractivity contribution in [2.75, 3.05) is 4.90 Å². The summed E-state index contributed by atoms with van der Waals surface area (Å²) < 4.78 is 4.00. The molecule has 0 atom stereocenters. The molecule has 4 aromatic carbocycles. The van der Waals surface area contributed by atoms with Crippen LogP contribution in [0.1, 0.15) is 32.1 Å². The first-order valence-electron chi connectivity index (χ1n) is 13.2. The van der Waals surface area contributed by atoms with Gasteiger partial charge in [-0.05, 0) is 61.4 Å². The van der Waals surface area contributed by atoms with Crippen molar-refractivity contribution in [1.29, 1.82) is 0 Å². The van der Waals surface area contributed by atoms with Crippen LogP contribution in [0.5, 0.6) is 0 Å². The summed E-state index contributed by atoms with van der Waals surface area (Å²) in [4.78, 5) is 2.54. The maximum absolute atomic E-state index is 4.83. The van der Waals surface area contributed by atoms with Crippen molar-refractivity contribution in [3.05, 3.63) is 109 Å². The molecule has 182 valence electrons. The molecule has 0 aliphatic heterocycles. The normalized spacial score (nSPS) is 14.4. The molecule has 6 aromatic rings. The molecule has 0 unspecified atom stereocenters. The number of rotatable bonds is 5. The van der Waals surface area contributed by atoms with Crippen molar-refractivity contribution in [1.82, 2.24) is 19.6 Å². The van der Waals surface area contributed by atoms with Gasteiger partial charge in [-0.25, -0.2) is 9.36 Å². The average molecular weight is 484 g/mol. The van der Waals surface area contributed by atoms with Crippen molar-refractivity contribution in [2.24, 2.45) is 0 Å². The van der Waals surface area contributed by atoms with Gasteiger partial charge in [0.25, 0.3) is 0 Å². The predicted molar refractivity (Wildman–Crippen MR) is 151 cm³/mol. The Morgan fingerprint density at radius 2 is 1.08 bits per heavy atom. The quantitative estimate of drug-likeness (QED) is 0.251. The fourth-order valence-electron chi connectivity index (χ4n) is 5.67. The number of fused-ring (bicyclic) bond motifs is 2. The van der Waals surface area contributed by atoms with Crippen LogP contribution < -0.4 is 4.90 Å². The molecule has 37 heavy (non-hydrogen) atoms. The lowest BCUT2D eigenvalue weighted by molar-refractivity contribution is 0.436. The molecule has 1 fully saturated rings. The van der Waals surface area contributed by atoms with Crippen molar-refractivity contribution >= 4 is 33.2 Å². The molecule has 0 spiro atoms. The third-order valence-electron chi connectivity index (χ3n) is 7.51. The summed E-state index contributed by atoms with van der Waals surface area (Å²) in [6.07, 6.45) is 10.5. The van der Waals surface area contributed by atoms with Gasteiger partial charge in [0.15, 0.2) is 0 Å². The standard InChI is InChI=1S/C32H29N5/c1-2-12-26(13-3-1)37(29-16-8-14-27(20-29)35-22-24-10-4-6-18-31(24)33-35)30-17-9-15-28(21-30)36-23-25-11-5-7-19-32(25)34-36/h4-11,14-23,26H,1-3,12-13H2. The Morgan fingerprint density at radius 3 is 1.59 bits per heavy atom. The monoisotopic (exact) mass is 483 g/mol. The highest BCUT2D eigenvalue weighted by Crippen LogP contribution is 2.36. The van der Waals surface area contributed by atoms with E-state index in [-0.39, 0.29) is 0 Å². The number of hydrogen-bond acceptors (Lipinski definition) is 3. The molecule has 1 saturated carbocycles. The minimum atomic E-state index is 0.465. The lowest BCUT2D eigenvalue weighted by Gasteiger charge is -2.36. The van der Waals surface area contributed by atoms with Crippen LogP contribution in [0.15, 0.2) is 109 Å². The van der Waals surface area contributed by atoms with Gasteiger partial charge in [0.05, 0.1) is 22.4 Å². The summed E-state index contributed by atoms with van der Waals surface area (Å²) >= 11 is 0. The Hall–Kier alpha value is -4.38. The first-order valence-corrected chi connectivity index (χ1v) is 13.2. The Morgan fingerprint density at radius 1 is 0.568 bits per heavy atom. The Bertz CT molecular complexity index is 1500. The van der Waals surface area contributed by atoms with Crippen molar-refractivity contribution in [2.45, 2.75) is 38.1 Å². The van der Waals surface area contributed by atoms with Gasteiger partial charge in [-0.15, -0.1) is 0 Å². The van der Waals surface area contributed by atoms with E-state index in [0.717, 1.165) is 33.2 Å². The first-order chi connectivity index (χ1) is 18.3. The summed E-state index contributed by atoms with van der Waals surface area (Å²) in [5, 5.41) is 12.0. The third kappa shape index (κ3) is 4.16. The van der Waals surface area contributed by atoms with E-state index in [1.165, 1.54) is 43.5 Å². The lowest BCUT2D eigenvalue weighted by atomic mass is 9.93. The fourth-order valence-corrected chi connectivity index (χ4v) is 5.67. The van der Waals surface area contributed by atoms with Gasteiger partial charge in [-0.3, -0.25) is 0 Å². The van der Waals surface area contributed by atoms with E-state index < -0.39 is 0 Å². The SMILES string of the molecule is c1cc(N(c2cccc(-n3cc4ccccc4n3)c2)C2CCCCC2)cc(-n2cc3ccccc3n2)c1. The molecule has 0 amide bonds. The number of hydrogen-bond donors (Lipinski definition) is 0. The van der Waals surface area contributed by atoms with Gasteiger partial charge in [0.1, 0.15) is 0 Å². The van der Waals surface area contributed by atoms with E-state index in [1.54, 1.807) is 0 Å². The zero-order chi connectivity index (χ0) is 24.6. The Balaban J connectivity index is 1.31. The van der Waals surface area contributed by atoms with Crippen LogP contribution in [-0.4, -0.2) is 25.6 Å². The van der Waals surface area contributed by atoms with Crippen molar-refractivity contribution in [3.63, 3.8) is 0 Å². The molecule has 7 rings (SSSR count). The van der Waals surface area contributed by atoms with Crippen LogP contribution in [-0.2, 0) is 0 Å². The minimum Gasteiger partial charge on any atom is -0.338 e. The predicted octanol–water partition coefficient (Wildman–Crippen LogP) is 7.84. The second-order valence-electron chi connectivity index (χ2n) is 9.97. The van der Waals surface area contributed by atoms with E-state index >= 15 is 0 Å². The van der Waals surface area contributed by atoms with Crippen molar-refractivity contribution < 1.29 is 0 Å². The van der Waals surface area contributed by atoms with Crippen LogP contribution in [0.4, 0.5) is 11.4 Å². The van der Waals surface area contributed by atoms with Crippen LogP contribution in [0.3, 0.4) is 0 Å². The molecule has 5 nitrogen and oxygen atoms in total. The zero-order valence-corrected chi connectivity index (χ0v) is 20.7. The van der Waals surface area contributed by atoms with E-state index in [0.29, 0.717) is 6.04 Å². The second kappa shape index (κ2) is 9.25. The van der Waals surface area contributed by atoms with Crippen LogP contribution in [0, 0.1) is 0 Å². The molecular formula is C32H29N5. The Kier molecular flexibility index (Phi) is 5.47. The molecule has 2 aromatic heterocycles. The summed E-state index contributed by atoms with van der Waals surface area (Å²) in [6.45, 7) is 0. The average Bonchev–Trinajstić information content (AvgIpc) is 3.59. The highest BCUT2D eigenvalue weighted by Gasteiger charge is 2.24. The summed E-state index contributed by atoms with van der Waals surface area (Å²) in [7, 11) is 0. The van der Waals surface area contributed by atoms with Gasteiger partial charge in [-0.2, -0.15) is 10.2 Å². The van der Waals surface area contributed by atoms with Crippen LogP contribution in [0.2, 0.25) is 0 Å². The highest BCUT2D eigenvalue weighted by atomic mass is 15.3. The zero-order valence-electron chi connectivity index (χ0n) is 20.7. The van der Waals surface area contributed by atoms with E-state index in [1.807, 2.05) is 21.5 Å². The number of nitrogens with zero attached hydrogens (tertiary/aromatic N) is 5. The van der Waals surface area contributed by atoms with Gasteiger partial charge >= 0.3 is 0 Å². The van der Waals surface area contributed by atoms with E-state index in [9.17, 15) is 0 Å². The summed E-state index contributed by atoms with van der Waals surface area (Å²) in [5.74, 6) is 0. The number of benzene rings is 4. The van der Waals surface area contributed by atoms with Crippen LogP contribution >= 0.6 is 0 Å². The topological polar surface area (TPSA) is 38.9 Å². The van der Waals surface area contributed by atoms with E-state index in [4.69, 9.17) is 10.2 Å². The smallest absolute Gasteiger partial charge is 0.0927 e. The summed E-state index contributed by atoms with van der Waals surface area (Å²) in [6, 6.07) is 34.6. The van der Waals surface area contributed by atoms with E-state index in [2.05, 4.69) is 102 Å². The van der Waals surface area contributed by atoms with Gasteiger partial charge in [-0.1, -0.05) is 67.8 Å². The lowest BCUT2D eigenvalue weighted by Crippen LogP contribution is -2.33. The molecule has 0 saturated heterocycles. The maximum atomic E-state index is 4.83. The molecule has 0 bridgehead atoms. The Labute approximate surface area is 216 Å². The number of aromatic nitrogens is 4. The molecule has 0 radical (unpaired) electrons. The van der Waals surface area contributed by atoms with Crippen LogP contribution in [0.25, 0.3) is 33.2 Å². The van der Waals surface area contributed by atoms with Gasteiger partial charge in [0.2, 0.25) is 0 Å². The number of anilines is 2. The van der Waals surface area contributed by atoms with Gasteiger partial charge in [0, 0.05) is 40.6 Å². The molecule has 1 aliphatic carbocycles. The van der Waals surface area contributed by atoms with Crippen molar-refractivity contribution in [3.8, 4) is 11.4 Å². The highest BCUT2D eigenvalue weighted by molar-refractivity contribution is 5.79. The minimum absolute atomic E-state index is 0.465. The third-order valence-corrected chi connectivity index (χ3v) is 7.51. The molecule has 0 N–H and O–H groups in total. The largest absolute Gasteiger partial charge is 0.338 e. The second-order valence-corrected chi connectivity index (χ2v) is 9.97. The maximum Gasteiger partial charge on any atom is 0.0927 e. The van der Waals surface area contributed by atoms with Gasteiger partial charge < -0.3 is 4.90 Å². The fraction of sp³-hybridized carbons (Fsp3) is 0.188. The first kappa shape index (κ1) is 21.9.